The van der Waals surface area contributed by atoms with Gasteiger partial charge in [-0.15, -0.1) is 0 Å². The number of halogens is 2. The quantitative estimate of drug-likeness (QED) is 0.852. The highest BCUT2D eigenvalue weighted by Gasteiger charge is 2.28. The van der Waals surface area contributed by atoms with E-state index in [1.165, 1.54) is 16.6 Å². The predicted molar refractivity (Wildman–Crippen MR) is 83.9 cm³/mol. The van der Waals surface area contributed by atoms with Crippen LogP contribution in [0.2, 0.25) is 0 Å². The second kappa shape index (κ2) is 6.70. The highest BCUT2D eigenvalue weighted by molar-refractivity contribution is 9.10. The summed E-state index contributed by atoms with van der Waals surface area (Å²) >= 11 is 3.13. The third-order valence-corrected chi connectivity index (χ3v) is 5.68. The van der Waals surface area contributed by atoms with Crippen molar-refractivity contribution >= 4 is 26.0 Å². The highest BCUT2D eigenvalue weighted by Crippen LogP contribution is 2.25. The molecular formula is C13H19BrFN3O2S. The molecule has 1 fully saturated rings. The van der Waals surface area contributed by atoms with Crippen molar-refractivity contribution in [3.63, 3.8) is 0 Å². The van der Waals surface area contributed by atoms with Crippen molar-refractivity contribution in [3.05, 3.63) is 34.1 Å². The van der Waals surface area contributed by atoms with Crippen molar-refractivity contribution in [1.82, 2.24) is 9.21 Å². The lowest BCUT2D eigenvalue weighted by Gasteiger charge is -2.38. The van der Waals surface area contributed by atoms with Crippen LogP contribution in [-0.4, -0.2) is 56.6 Å². The van der Waals surface area contributed by atoms with Crippen LogP contribution in [0.5, 0.6) is 0 Å². The van der Waals surface area contributed by atoms with Crippen LogP contribution in [0.1, 0.15) is 11.6 Å². The van der Waals surface area contributed by atoms with Gasteiger partial charge in [0.25, 0.3) is 0 Å². The Balaban J connectivity index is 2.11. The minimum Gasteiger partial charge on any atom is -0.329 e. The van der Waals surface area contributed by atoms with E-state index in [2.05, 4.69) is 20.8 Å². The molecule has 1 aliphatic rings. The first-order chi connectivity index (χ1) is 9.82. The van der Waals surface area contributed by atoms with Gasteiger partial charge in [0.15, 0.2) is 0 Å². The molecule has 1 saturated heterocycles. The van der Waals surface area contributed by atoms with Crippen molar-refractivity contribution in [2.75, 3.05) is 39.0 Å². The summed E-state index contributed by atoms with van der Waals surface area (Å²) in [6, 6.07) is 4.88. The van der Waals surface area contributed by atoms with E-state index in [0.29, 0.717) is 37.2 Å². The van der Waals surface area contributed by atoms with Crippen LogP contribution in [0, 0.1) is 5.82 Å². The molecule has 5 nitrogen and oxygen atoms in total. The number of hydrogen-bond donors (Lipinski definition) is 1. The number of rotatable bonds is 4. The van der Waals surface area contributed by atoms with Crippen molar-refractivity contribution in [1.29, 1.82) is 0 Å². The maximum absolute atomic E-state index is 13.7. The third-order valence-electron chi connectivity index (χ3n) is 3.73. The molecule has 8 heteroatoms. The van der Waals surface area contributed by atoms with E-state index in [0.717, 1.165) is 5.56 Å². The summed E-state index contributed by atoms with van der Waals surface area (Å²) in [4.78, 5) is 2.10. The first-order valence-electron chi connectivity index (χ1n) is 6.67. The van der Waals surface area contributed by atoms with Crippen LogP contribution in [0.4, 0.5) is 4.39 Å². The van der Waals surface area contributed by atoms with E-state index >= 15 is 0 Å². The molecule has 0 radical (unpaired) electrons. The topological polar surface area (TPSA) is 66.6 Å². The van der Waals surface area contributed by atoms with Gasteiger partial charge in [-0.3, -0.25) is 4.90 Å². The largest absolute Gasteiger partial charge is 0.329 e. The Labute approximate surface area is 133 Å². The van der Waals surface area contributed by atoms with Gasteiger partial charge in [0.2, 0.25) is 10.0 Å². The fourth-order valence-electron chi connectivity index (χ4n) is 2.56. The van der Waals surface area contributed by atoms with E-state index in [-0.39, 0.29) is 11.9 Å². The minimum atomic E-state index is -3.15. The molecule has 0 aliphatic carbocycles. The summed E-state index contributed by atoms with van der Waals surface area (Å²) in [6.07, 6.45) is 1.22. The van der Waals surface area contributed by atoms with Gasteiger partial charge in [-0.2, -0.15) is 4.31 Å². The minimum absolute atomic E-state index is 0.102. The summed E-state index contributed by atoms with van der Waals surface area (Å²) in [5.41, 5.74) is 6.65. The molecule has 1 atom stereocenters. The van der Waals surface area contributed by atoms with E-state index in [9.17, 15) is 12.8 Å². The standard InChI is InChI=1S/C13H19BrFN3O2S/c1-21(19,20)18-6-4-17(5-7-18)13(9-16)10-2-3-11(14)12(15)8-10/h2-3,8,13H,4-7,9,16H2,1H3. The summed E-state index contributed by atoms with van der Waals surface area (Å²) in [5.74, 6) is -0.319. The summed E-state index contributed by atoms with van der Waals surface area (Å²) in [6.45, 7) is 2.42. The number of nitrogens with zero attached hydrogens (tertiary/aromatic N) is 2. The Bertz CT molecular complexity index is 603. The fraction of sp³-hybridized carbons (Fsp3) is 0.538. The number of hydrogen-bond acceptors (Lipinski definition) is 4. The predicted octanol–water partition coefficient (Wildman–Crippen LogP) is 1.17. The van der Waals surface area contributed by atoms with Crippen LogP contribution in [-0.2, 0) is 10.0 Å². The highest BCUT2D eigenvalue weighted by atomic mass is 79.9. The average molecular weight is 380 g/mol. The Morgan fingerprint density at radius 3 is 2.43 bits per heavy atom. The molecule has 1 unspecified atom stereocenters. The van der Waals surface area contributed by atoms with E-state index in [1.807, 2.05) is 6.07 Å². The Morgan fingerprint density at radius 2 is 1.95 bits per heavy atom. The van der Waals surface area contributed by atoms with Gasteiger partial charge in [-0.1, -0.05) is 6.07 Å². The second-order valence-corrected chi connectivity index (χ2v) is 7.96. The molecule has 1 aromatic rings. The van der Waals surface area contributed by atoms with Gasteiger partial charge in [0, 0.05) is 38.8 Å². The van der Waals surface area contributed by atoms with Gasteiger partial charge in [0.05, 0.1) is 10.7 Å². The molecule has 1 aromatic carbocycles. The monoisotopic (exact) mass is 379 g/mol. The lowest BCUT2D eigenvalue weighted by Crippen LogP contribution is -2.50. The van der Waals surface area contributed by atoms with Crippen LogP contribution in [0.15, 0.2) is 22.7 Å². The Morgan fingerprint density at radius 1 is 1.33 bits per heavy atom. The molecule has 2 rings (SSSR count). The lowest BCUT2D eigenvalue weighted by molar-refractivity contribution is 0.140. The van der Waals surface area contributed by atoms with Gasteiger partial charge in [-0.25, -0.2) is 12.8 Å². The summed E-state index contributed by atoms with van der Waals surface area (Å²) in [7, 11) is -3.15. The lowest BCUT2D eigenvalue weighted by atomic mass is 10.0. The maximum atomic E-state index is 13.7. The SMILES string of the molecule is CS(=O)(=O)N1CCN(C(CN)c2ccc(Br)c(F)c2)CC1. The Kier molecular flexibility index (Phi) is 5.37. The van der Waals surface area contributed by atoms with Crippen LogP contribution >= 0.6 is 15.9 Å². The average Bonchev–Trinajstić information content (AvgIpc) is 2.43. The van der Waals surface area contributed by atoms with Crippen LogP contribution < -0.4 is 5.73 Å². The van der Waals surface area contributed by atoms with Crippen molar-refractivity contribution in [3.8, 4) is 0 Å². The molecule has 21 heavy (non-hydrogen) atoms. The Hall–Kier alpha value is -0.540. The third kappa shape index (κ3) is 4.01. The first-order valence-corrected chi connectivity index (χ1v) is 9.31. The van der Waals surface area contributed by atoms with Crippen LogP contribution in [0.3, 0.4) is 0 Å². The zero-order chi connectivity index (χ0) is 15.6. The zero-order valence-electron chi connectivity index (χ0n) is 11.8. The molecule has 1 aliphatic heterocycles. The number of nitrogens with two attached hydrogens (primary N) is 1. The molecular weight excluding hydrogens is 361 g/mol. The first kappa shape index (κ1) is 16.8. The molecule has 1 heterocycles. The van der Waals surface area contributed by atoms with Crippen molar-refractivity contribution in [2.24, 2.45) is 5.73 Å². The summed E-state index contributed by atoms with van der Waals surface area (Å²) in [5, 5.41) is 0. The number of sulfonamides is 1. The van der Waals surface area contributed by atoms with E-state index in [1.54, 1.807) is 6.07 Å². The smallest absolute Gasteiger partial charge is 0.211 e. The van der Waals surface area contributed by atoms with E-state index < -0.39 is 10.0 Å². The molecule has 0 aromatic heterocycles. The van der Waals surface area contributed by atoms with Gasteiger partial charge >= 0.3 is 0 Å². The zero-order valence-corrected chi connectivity index (χ0v) is 14.2. The molecule has 0 amide bonds. The summed E-state index contributed by atoms with van der Waals surface area (Å²) < 4.78 is 38.6. The van der Waals surface area contributed by atoms with Crippen molar-refractivity contribution < 1.29 is 12.8 Å². The molecule has 0 bridgehead atoms. The molecule has 0 saturated carbocycles. The number of benzene rings is 1. The van der Waals surface area contributed by atoms with E-state index in [4.69, 9.17) is 5.73 Å². The second-order valence-electron chi connectivity index (χ2n) is 5.12. The van der Waals surface area contributed by atoms with Crippen molar-refractivity contribution in [2.45, 2.75) is 6.04 Å². The molecule has 2 N–H and O–H groups in total. The van der Waals surface area contributed by atoms with Gasteiger partial charge < -0.3 is 5.73 Å². The normalized spacial score (nSPS) is 19.6. The maximum Gasteiger partial charge on any atom is 0.211 e. The molecule has 118 valence electrons. The van der Waals surface area contributed by atoms with Gasteiger partial charge in [-0.05, 0) is 33.6 Å². The fourth-order valence-corrected chi connectivity index (χ4v) is 3.64. The molecule has 0 spiro atoms. The van der Waals surface area contributed by atoms with Crippen LogP contribution in [0.25, 0.3) is 0 Å². The number of piperazine rings is 1. The van der Waals surface area contributed by atoms with Gasteiger partial charge in [0.1, 0.15) is 5.82 Å².